The van der Waals surface area contributed by atoms with Crippen LogP contribution >= 0.6 is 0 Å². The lowest BCUT2D eigenvalue weighted by molar-refractivity contribution is -0.398. The Hall–Kier alpha value is -2.39. The van der Waals surface area contributed by atoms with Crippen molar-refractivity contribution in [1.82, 2.24) is 5.32 Å². The van der Waals surface area contributed by atoms with Crippen LogP contribution in [0.2, 0.25) is 0 Å². The summed E-state index contributed by atoms with van der Waals surface area (Å²) < 4.78 is 39.6. The van der Waals surface area contributed by atoms with E-state index >= 15 is 0 Å². The molecule has 0 radical (unpaired) electrons. The van der Waals surface area contributed by atoms with Crippen LogP contribution in [0.3, 0.4) is 0 Å². The highest BCUT2D eigenvalue weighted by Crippen LogP contribution is 2.54. The number of amides is 1. The van der Waals surface area contributed by atoms with Gasteiger partial charge in [0.2, 0.25) is 0 Å². The molecule has 0 saturated carbocycles. The molecule has 13 nitrogen and oxygen atoms in total. The predicted octanol–water partition coefficient (Wildman–Crippen LogP) is 7.11. The zero-order valence-corrected chi connectivity index (χ0v) is 37.3. The van der Waals surface area contributed by atoms with Crippen LogP contribution in [0.1, 0.15) is 133 Å². The Morgan fingerprint density at radius 3 is 2.25 bits per heavy atom. The zero-order valence-electron chi connectivity index (χ0n) is 37.3. The summed E-state index contributed by atoms with van der Waals surface area (Å²) in [7, 11) is 0. The first-order chi connectivity index (χ1) is 27.7. The first kappa shape index (κ1) is 47.7. The molecule has 4 fully saturated rings. The molecule has 2 unspecified atom stereocenters. The van der Waals surface area contributed by atoms with Crippen molar-refractivity contribution in [2.24, 2.45) is 41.4 Å². The number of alkyl carbamates (subject to hydrolysis) is 1. The third-order valence-corrected chi connectivity index (χ3v) is 15.1. The lowest BCUT2D eigenvalue weighted by atomic mass is 9.72. The quantitative estimate of drug-likeness (QED) is 0.123. The fourth-order valence-corrected chi connectivity index (χ4v) is 11.0. The standard InChI is InChI=1S/C46H75NO12/c1-12-24-54-42(52)47-35-18-21-45(59-46(35)23-22-43(11,58-46)36-19-20-44(53,15-4)31(10)55-36)28(7)25-27(6)40(57-45)33(14-3)38(49)29(8)37(48)30(9)39-26(5)16-17-34(56-39)32(13-2)41(50)51/h12,18,21,26-37,39-40,48,53H,1,13-17,19-20,22-25H2,2-11H3,(H,47,52)(H,50,51)/t26-,27-,28+,29-,30-,31-,32+,33?,34+,35?,36+,37+,39+,40-,43-,44+,45-,46-/m0/s1. The maximum absolute atomic E-state index is 14.6. The number of ether oxygens (including phenoxy) is 6. The first-order valence-corrected chi connectivity index (χ1v) is 22.5. The van der Waals surface area contributed by atoms with Crippen molar-refractivity contribution < 1.29 is 58.1 Å². The van der Waals surface area contributed by atoms with Crippen LogP contribution in [-0.2, 0) is 38.0 Å². The van der Waals surface area contributed by atoms with Crippen LogP contribution in [0, 0.1) is 41.4 Å². The van der Waals surface area contributed by atoms with Gasteiger partial charge in [-0.15, -0.1) is 0 Å². The second-order valence-corrected chi connectivity index (χ2v) is 19.0. The zero-order chi connectivity index (χ0) is 43.7. The van der Waals surface area contributed by atoms with E-state index in [1.807, 2.05) is 53.7 Å². The maximum Gasteiger partial charge on any atom is 0.408 e. The third-order valence-electron chi connectivity index (χ3n) is 15.1. The van der Waals surface area contributed by atoms with Gasteiger partial charge in [0.15, 0.2) is 11.6 Å². The van der Waals surface area contributed by atoms with Crippen LogP contribution in [0.5, 0.6) is 0 Å². The number of carbonyl (C=O) groups excluding carboxylic acids is 2. The number of carboxylic acids is 1. The highest BCUT2D eigenvalue weighted by Gasteiger charge is 2.63. The summed E-state index contributed by atoms with van der Waals surface area (Å²) in [6, 6.07) is -0.748. The van der Waals surface area contributed by atoms with Crippen molar-refractivity contribution in [2.75, 3.05) is 6.61 Å². The van der Waals surface area contributed by atoms with Crippen LogP contribution in [-0.4, -0.2) is 105 Å². The smallest absolute Gasteiger partial charge is 0.408 e. The summed E-state index contributed by atoms with van der Waals surface area (Å²) in [6.07, 6.45) is 7.09. The molecule has 4 N–H and O–H groups in total. The summed E-state index contributed by atoms with van der Waals surface area (Å²) in [5.41, 5.74) is -1.74. The van der Waals surface area contributed by atoms with Gasteiger partial charge < -0.3 is 49.1 Å². The highest BCUT2D eigenvalue weighted by atomic mass is 16.8. The van der Waals surface area contributed by atoms with Gasteiger partial charge in [0.05, 0.1) is 53.7 Å². The molecule has 1 amide bonds. The summed E-state index contributed by atoms with van der Waals surface area (Å²) in [6.45, 7) is 23.2. The molecule has 5 aliphatic heterocycles. The minimum atomic E-state index is -1.38. The normalized spacial score (nSPS) is 42.4. The number of hydrogen-bond donors (Lipinski definition) is 4. The van der Waals surface area contributed by atoms with Crippen molar-refractivity contribution in [3.05, 3.63) is 24.8 Å². The molecule has 18 atom stereocenters. The number of nitrogens with one attached hydrogen (secondary N) is 1. The van der Waals surface area contributed by atoms with Gasteiger partial charge >= 0.3 is 12.1 Å². The van der Waals surface area contributed by atoms with E-state index in [0.29, 0.717) is 57.8 Å². The summed E-state index contributed by atoms with van der Waals surface area (Å²) in [5.74, 6) is -6.13. The Bertz CT molecular complexity index is 1520. The number of aliphatic carboxylic acids is 1. The van der Waals surface area contributed by atoms with Gasteiger partial charge in [0, 0.05) is 30.1 Å². The summed E-state index contributed by atoms with van der Waals surface area (Å²) in [5, 5.41) is 35.8. The van der Waals surface area contributed by atoms with Crippen molar-refractivity contribution in [3.63, 3.8) is 0 Å². The summed E-state index contributed by atoms with van der Waals surface area (Å²) in [4.78, 5) is 39.6. The molecule has 0 aromatic carbocycles. The number of Topliss-reactive ketones (excluding diaryl/α,β-unsaturated/α-hetero) is 1. The van der Waals surface area contributed by atoms with Gasteiger partial charge in [-0.1, -0.05) is 74.1 Å². The second-order valence-electron chi connectivity index (χ2n) is 19.0. The Balaban J connectivity index is 1.38. The lowest BCUT2D eigenvalue weighted by Gasteiger charge is -2.55. The van der Waals surface area contributed by atoms with Crippen molar-refractivity contribution >= 4 is 17.8 Å². The van der Waals surface area contributed by atoms with E-state index in [1.165, 1.54) is 6.08 Å². The molecule has 2 spiro atoms. The van der Waals surface area contributed by atoms with Crippen LogP contribution in [0.4, 0.5) is 4.79 Å². The first-order valence-electron chi connectivity index (χ1n) is 22.5. The fraction of sp³-hybridized carbons (Fsp3) is 0.848. The Labute approximate surface area is 352 Å². The highest BCUT2D eigenvalue weighted by molar-refractivity contribution is 5.84. The number of aliphatic hydroxyl groups is 2. The van der Waals surface area contributed by atoms with Gasteiger partial charge in [-0.3, -0.25) is 9.59 Å². The number of ketones is 1. The molecule has 5 rings (SSSR count). The molecule has 0 aliphatic carbocycles. The molecule has 13 heteroatoms. The second kappa shape index (κ2) is 18.9. The number of aliphatic hydroxyl groups excluding tert-OH is 1. The monoisotopic (exact) mass is 834 g/mol. The SMILES string of the molecule is C=CCOC(=O)NC1C=C[C@]2(O[C@H](C(CC)C(=O)[C@@H](C)[C@@H](O)[C@H](C)[C@@H]3O[C@@H]([C@@H](CC)C(=O)O)CC[C@@H]3C)[C@@H](C)C[C@H]2C)O[C@@]12CC[C@@](C)([C@H]1CC[C@](O)(CC)[C@H](C)O1)O2. The minimum Gasteiger partial charge on any atom is -0.481 e. The molecule has 4 saturated heterocycles. The maximum atomic E-state index is 14.6. The van der Waals surface area contributed by atoms with Gasteiger partial charge in [-0.05, 0) is 89.5 Å². The molecule has 5 heterocycles. The molecular formula is C46H75NO12. The topological polar surface area (TPSA) is 179 Å². The molecule has 0 aromatic heterocycles. The lowest BCUT2D eigenvalue weighted by Crippen LogP contribution is -2.65. The number of carbonyl (C=O) groups is 3. The Morgan fingerprint density at radius 2 is 1.64 bits per heavy atom. The van der Waals surface area contributed by atoms with E-state index in [1.54, 1.807) is 6.92 Å². The third kappa shape index (κ3) is 9.51. The molecule has 0 aromatic rings. The van der Waals surface area contributed by atoms with E-state index < -0.39 is 95.1 Å². The van der Waals surface area contributed by atoms with Crippen LogP contribution in [0.15, 0.2) is 24.8 Å². The largest absolute Gasteiger partial charge is 0.481 e. The minimum absolute atomic E-state index is 0.0299. The number of carboxylic acid groups (broad SMARTS) is 1. The molecule has 5 aliphatic rings. The molecule has 0 bridgehead atoms. The summed E-state index contributed by atoms with van der Waals surface area (Å²) >= 11 is 0. The van der Waals surface area contributed by atoms with Crippen molar-refractivity contribution in [3.8, 4) is 0 Å². The van der Waals surface area contributed by atoms with Gasteiger partial charge in [0.1, 0.15) is 18.4 Å². The van der Waals surface area contributed by atoms with E-state index in [0.717, 1.165) is 6.42 Å². The van der Waals surface area contributed by atoms with Crippen LogP contribution < -0.4 is 5.32 Å². The number of hydrogen-bond acceptors (Lipinski definition) is 11. The van der Waals surface area contributed by atoms with Gasteiger partial charge in [-0.25, -0.2) is 4.79 Å². The van der Waals surface area contributed by atoms with E-state index in [-0.39, 0.29) is 36.2 Å². The molecule has 336 valence electrons. The van der Waals surface area contributed by atoms with E-state index in [2.05, 4.69) is 32.7 Å². The van der Waals surface area contributed by atoms with Crippen molar-refractivity contribution in [2.45, 2.75) is 199 Å². The Morgan fingerprint density at radius 1 is 0.949 bits per heavy atom. The fourth-order valence-electron chi connectivity index (χ4n) is 11.0. The predicted molar refractivity (Wildman–Crippen MR) is 221 cm³/mol. The molecular weight excluding hydrogens is 759 g/mol. The van der Waals surface area contributed by atoms with Gasteiger partial charge in [-0.2, -0.15) is 0 Å². The number of rotatable bonds is 15. The van der Waals surface area contributed by atoms with Gasteiger partial charge in [0.25, 0.3) is 0 Å². The van der Waals surface area contributed by atoms with E-state index in [4.69, 9.17) is 28.4 Å². The average molecular weight is 834 g/mol. The molecule has 59 heavy (non-hydrogen) atoms. The van der Waals surface area contributed by atoms with Crippen LogP contribution in [0.25, 0.3) is 0 Å². The average Bonchev–Trinajstić information content (AvgIpc) is 3.54. The Kier molecular flexibility index (Phi) is 15.3. The van der Waals surface area contributed by atoms with E-state index in [9.17, 15) is 29.7 Å². The van der Waals surface area contributed by atoms with Crippen molar-refractivity contribution in [1.29, 1.82) is 0 Å².